The number of likely N-dealkylation sites (tertiary alicyclic amines) is 2. The van der Waals surface area contributed by atoms with Gasteiger partial charge >= 0.3 is 0 Å². The molecule has 3 rings (SSSR count). The lowest BCUT2D eigenvalue weighted by atomic mass is 9.97. The van der Waals surface area contributed by atoms with Crippen molar-refractivity contribution in [2.45, 2.75) is 64.6 Å². The summed E-state index contributed by atoms with van der Waals surface area (Å²) < 4.78 is 0. The lowest BCUT2D eigenvalue weighted by Gasteiger charge is -2.37. The van der Waals surface area contributed by atoms with Gasteiger partial charge in [0.15, 0.2) is 0 Å². The molecule has 0 aromatic heterocycles. The minimum Gasteiger partial charge on any atom is -0.303 e. The minimum atomic E-state index is 0.358. The highest BCUT2D eigenvalue weighted by molar-refractivity contribution is 5.19. The largest absolute Gasteiger partial charge is 0.303 e. The fourth-order valence-electron chi connectivity index (χ4n) is 4.28. The van der Waals surface area contributed by atoms with Gasteiger partial charge in [-0.2, -0.15) is 0 Å². The Hall–Kier alpha value is -0.0800. The summed E-state index contributed by atoms with van der Waals surface area (Å²) >= 11 is 0. The number of rotatable bonds is 2. The SMILES string of the molecule is C[C@@H]1CC2(CN3CCC3)CC2N1C(C)(C)C. The Bertz CT molecular complexity index is 290. The van der Waals surface area contributed by atoms with Crippen molar-refractivity contribution in [3.63, 3.8) is 0 Å². The Morgan fingerprint density at radius 2 is 1.88 bits per heavy atom. The van der Waals surface area contributed by atoms with Gasteiger partial charge in [-0.1, -0.05) is 0 Å². The molecule has 0 radical (unpaired) electrons. The number of piperidine rings is 1. The van der Waals surface area contributed by atoms with Gasteiger partial charge in [0.2, 0.25) is 0 Å². The number of hydrogen-bond acceptors (Lipinski definition) is 2. The van der Waals surface area contributed by atoms with Gasteiger partial charge in [0, 0.05) is 29.6 Å². The number of nitrogens with zero attached hydrogens (tertiary/aromatic N) is 2. The molecule has 92 valence electrons. The molecule has 2 unspecified atom stereocenters. The van der Waals surface area contributed by atoms with Crippen LogP contribution in [-0.4, -0.2) is 47.1 Å². The van der Waals surface area contributed by atoms with E-state index >= 15 is 0 Å². The van der Waals surface area contributed by atoms with Crippen molar-refractivity contribution in [2.75, 3.05) is 19.6 Å². The zero-order chi connectivity index (χ0) is 11.6. The van der Waals surface area contributed by atoms with Crippen LogP contribution in [0, 0.1) is 5.41 Å². The van der Waals surface area contributed by atoms with Crippen LogP contribution in [-0.2, 0) is 0 Å². The van der Waals surface area contributed by atoms with Crippen molar-refractivity contribution in [1.29, 1.82) is 0 Å². The smallest absolute Gasteiger partial charge is 0.0179 e. The van der Waals surface area contributed by atoms with Crippen LogP contribution >= 0.6 is 0 Å². The van der Waals surface area contributed by atoms with E-state index in [0.717, 1.165) is 12.1 Å². The topological polar surface area (TPSA) is 6.48 Å². The summed E-state index contributed by atoms with van der Waals surface area (Å²) in [6.45, 7) is 13.7. The molecule has 0 amide bonds. The zero-order valence-electron chi connectivity index (χ0n) is 11.3. The maximum Gasteiger partial charge on any atom is 0.0179 e. The average Bonchev–Trinajstić information content (AvgIpc) is 2.63. The van der Waals surface area contributed by atoms with Crippen molar-refractivity contribution in [3.8, 4) is 0 Å². The van der Waals surface area contributed by atoms with Gasteiger partial charge in [0.05, 0.1) is 0 Å². The summed E-state index contributed by atoms with van der Waals surface area (Å²) in [5.41, 5.74) is 1.05. The predicted octanol–water partition coefficient (Wildman–Crippen LogP) is 2.34. The van der Waals surface area contributed by atoms with Crippen LogP contribution in [0.1, 0.15) is 47.0 Å². The van der Waals surface area contributed by atoms with Crippen molar-refractivity contribution in [3.05, 3.63) is 0 Å². The molecule has 2 heterocycles. The van der Waals surface area contributed by atoms with Crippen LogP contribution in [0.3, 0.4) is 0 Å². The van der Waals surface area contributed by atoms with Crippen molar-refractivity contribution < 1.29 is 0 Å². The summed E-state index contributed by atoms with van der Waals surface area (Å²) in [5.74, 6) is 0. The molecule has 16 heavy (non-hydrogen) atoms. The highest BCUT2D eigenvalue weighted by Crippen LogP contribution is 2.61. The van der Waals surface area contributed by atoms with Crippen molar-refractivity contribution in [1.82, 2.24) is 9.80 Å². The molecule has 0 bridgehead atoms. The van der Waals surface area contributed by atoms with E-state index in [1.165, 1.54) is 38.9 Å². The Balaban J connectivity index is 1.70. The number of fused-ring (bicyclic) bond motifs is 1. The van der Waals surface area contributed by atoms with Gasteiger partial charge in [0.25, 0.3) is 0 Å². The third-order valence-corrected chi connectivity index (χ3v) is 4.92. The van der Waals surface area contributed by atoms with E-state index in [0.29, 0.717) is 11.0 Å². The molecule has 0 aromatic carbocycles. The van der Waals surface area contributed by atoms with Gasteiger partial charge in [-0.15, -0.1) is 0 Å². The van der Waals surface area contributed by atoms with Crippen molar-refractivity contribution >= 4 is 0 Å². The van der Waals surface area contributed by atoms with Gasteiger partial charge in [-0.05, 0) is 60.0 Å². The molecule has 0 N–H and O–H groups in total. The lowest BCUT2D eigenvalue weighted by Crippen LogP contribution is -2.45. The second-order valence-corrected chi connectivity index (χ2v) is 7.34. The molecule has 2 heteroatoms. The predicted molar refractivity (Wildman–Crippen MR) is 67.6 cm³/mol. The first-order valence-electron chi connectivity index (χ1n) is 6.93. The molecule has 2 nitrogen and oxygen atoms in total. The fraction of sp³-hybridized carbons (Fsp3) is 1.00. The summed E-state index contributed by atoms with van der Waals surface area (Å²) in [6.07, 6.45) is 4.33. The first-order chi connectivity index (χ1) is 7.42. The van der Waals surface area contributed by atoms with E-state index in [1.807, 2.05) is 0 Å². The standard InChI is InChI=1S/C14H26N2/c1-11-8-14(10-15-6-5-7-15)9-12(14)16(11)13(2,3)4/h11-12H,5-10H2,1-4H3/t11-,12?,14?/m1/s1. The van der Waals surface area contributed by atoms with E-state index in [9.17, 15) is 0 Å². The summed E-state index contributed by atoms with van der Waals surface area (Å²) in [5, 5.41) is 0. The van der Waals surface area contributed by atoms with Crippen LogP contribution in [0.5, 0.6) is 0 Å². The third-order valence-electron chi connectivity index (χ3n) is 4.92. The highest BCUT2D eigenvalue weighted by Gasteiger charge is 2.65. The Morgan fingerprint density at radius 1 is 1.19 bits per heavy atom. The Morgan fingerprint density at radius 3 is 2.31 bits per heavy atom. The van der Waals surface area contributed by atoms with E-state index < -0.39 is 0 Å². The first kappa shape index (κ1) is 11.0. The molecular weight excluding hydrogens is 196 g/mol. The monoisotopic (exact) mass is 222 g/mol. The summed E-state index contributed by atoms with van der Waals surface area (Å²) in [7, 11) is 0. The molecule has 3 atom stereocenters. The Labute approximate surface area is 100.0 Å². The second kappa shape index (κ2) is 3.23. The molecule has 2 aliphatic heterocycles. The molecular formula is C14H26N2. The van der Waals surface area contributed by atoms with Gasteiger partial charge in [-0.25, -0.2) is 0 Å². The maximum atomic E-state index is 2.78. The van der Waals surface area contributed by atoms with Gasteiger partial charge in [0.1, 0.15) is 0 Å². The van der Waals surface area contributed by atoms with Crippen LogP contribution < -0.4 is 0 Å². The Kier molecular flexibility index (Phi) is 2.23. The van der Waals surface area contributed by atoms with Crippen molar-refractivity contribution in [2.24, 2.45) is 5.41 Å². The normalized spacial score (nSPS) is 44.2. The van der Waals surface area contributed by atoms with Gasteiger partial charge in [-0.3, -0.25) is 4.90 Å². The lowest BCUT2D eigenvalue weighted by molar-refractivity contribution is 0.104. The van der Waals surface area contributed by atoms with E-state index in [1.54, 1.807) is 0 Å². The van der Waals surface area contributed by atoms with Crippen LogP contribution in [0.4, 0.5) is 0 Å². The second-order valence-electron chi connectivity index (χ2n) is 7.34. The quantitative estimate of drug-likeness (QED) is 0.707. The molecule has 3 aliphatic rings. The third kappa shape index (κ3) is 1.53. The average molecular weight is 222 g/mol. The molecule has 1 saturated carbocycles. The maximum absolute atomic E-state index is 2.78. The summed E-state index contributed by atoms with van der Waals surface area (Å²) in [4.78, 5) is 5.45. The molecule has 3 fully saturated rings. The van der Waals surface area contributed by atoms with E-state index in [2.05, 4.69) is 37.5 Å². The van der Waals surface area contributed by atoms with Crippen LogP contribution in [0.25, 0.3) is 0 Å². The van der Waals surface area contributed by atoms with E-state index in [4.69, 9.17) is 0 Å². The minimum absolute atomic E-state index is 0.358. The van der Waals surface area contributed by atoms with Gasteiger partial charge < -0.3 is 4.90 Å². The van der Waals surface area contributed by atoms with Crippen LogP contribution in [0.2, 0.25) is 0 Å². The molecule has 0 spiro atoms. The van der Waals surface area contributed by atoms with E-state index in [-0.39, 0.29) is 0 Å². The number of hydrogen-bond donors (Lipinski definition) is 0. The molecule has 2 saturated heterocycles. The first-order valence-corrected chi connectivity index (χ1v) is 6.93. The summed E-state index contributed by atoms with van der Waals surface area (Å²) in [6, 6.07) is 1.68. The molecule has 0 aromatic rings. The van der Waals surface area contributed by atoms with Crippen LogP contribution in [0.15, 0.2) is 0 Å². The zero-order valence-corrected chi connectivity index (χ0v) is 11.3. The highest BCUT2D eigenvalue weighted by atomic mass is 15.3. The fourth-order valence-corrected chi connectivity index (χ4v) is 4.28. The molecule has 1 aliphatic carbocycles.